The van der Waals surface area contributed by atoms with Crippen molar-refractivity contribution in [1.82, 2.24) is 5.32 Å². The molecule has 1 saturated carbocycles. The summed E-state index contributed by atoms with van der Waals surface area (Å²) in [5.41, 5.74) is 0.0236. The van der Waals surface area contributed by atoms with E-state index in [0.29, 0.717) is 6.54 Å². The van der Waals surface area contributed by atoms with Crippen LogP contribution in [0.3, 0.4) is 0 Å². The summed E-state index contributed by atoms with van der Waals surface area (Å²) in [5, 5.41) is 13.9. The number of halogens is 1. The monoisotopic (exact) mass is 351 g/mol. The molecule has 0 unspecified atom stereocenters. The van der Waals surface area contributed by atoms with Gasteiger partial charge in [0.25, 0.3) is 11.6 Å². The summed E-state index contributed by atoms with van der Waals surface area (Å²) in [4.78, 5) is 22.5. The summed E-state index contributed by atoms with van der Waals surface area (Å²) in [6.45, 7) is 0.526. The van der Waals surface area contributed by atoms with Gasteiger partial charge in [-0.1, -0.05) is 58.6 Å². The molecule has 0 heterocycles. The average Bonchev–Trinajstić information content (AvgIpc) is 2.46. The van der Waals surface area contributed by atoms with E-state index in [4.69, 9.17) is 11.6 Å². The molecule has 1 aromatic carbocycles. The van der Waals surface area contributed by atoms with E-state index < -0.39 is 4.92 Å². The zero-order chi connectivity index (χ0) is 15.9. The molecule has 1 N–H and O–H groups in total. The average molecular weight is 352 g/mol. The van der Waals surface area contributed by atoms with Gasteiger partial charge in [0.1, 0.15) is 0 Å². The van der Waals surface area contributed by atoms with Crippen LogP contribution in [-0.2, 0) is 0 Å². The molecule has 0 saturated heterocycles. The molecule has 131 valence electrons. The number of rotatable bonds is 4. The summed E-state index contributed by atoms with van der Waals surface area (Å²) in [6, 6.07) is 3.90. The van der Waals surface area contributed by atoms with E-state index >= 15 is 0 Å². The SMILES string of the molecule is O=C(NC[C]1CCCCCCC1)c1cc([N+](=O)[O-])ccc1Cl.[CH2].[CH2]. The fourth-order valence-corrected chi connectivity index (χ4v) is 2.89. The van der Waals surface area contributed by atoms with Crippen molar-refractivity contribution in [1.29, 1.82) is 0 Å². The molecule has 1 fully saturated rings. The van der Waals surface area contributed by atoms with Crippen LogP contribution in [-0.4, -0.2) is 17.4 Å². The van der Waals surface area contributed by atoms with E-state index in [1.807, 2.05) is 0 Å². The first-order valence-corrected chi connectivity index (χ1v) is 8.01. The van der Waals surface area contributed by atoms with Crippen LogP contribution >= 0.6 is 11.6 Å². The van der Waals surface area contributed by atoms with Gasteiger partial charge in [-0.15, -0.1) is 0 Å². The molecule has 0 atom stereocenters. The molecule has 1 aliphatic rings. The van der Waals surface area contributed by atoms with Crippen molar-refractivity contribution < 1.29 is 9.72 Å². The highest BCUT2D eigenvalue weighted by molar-refractivity contribution is 6.33. The Morgan fingerprint density at radius 3 is 2.29 bits per heavy atom. The van der Waals surface area contributed by atoms with E-state index in [-0.39, 0.29) is 37.0 Å². The van der Waals surface area contributed by atoms with E-state index in [1.165, 1.54) is 56.2 Å². The second-order valence-electron chi connectivity index (χ2n) is 5.62. The fraction of sp³-hybridized carbons (Fsp3) is 0.444. The lowest BCUT2D eigenvalue weighted by Gasteiger charge is -2.19. The van der Waals surface area contributed by atoms with Gasteiger partial charge in [-0.2, -0.15) is 0 Å². The third kappa shape index (κ3) is 6.48. The number of amides is 1. The van der Waals surface area contributed by atoms with Crippen molar-refractivity contribution in [3.05, 3.63) is 59.7 Å². The molecule has 1 aromatic rings. The summed E-state index contributed by atoms with van der Waals surface area (Å²) in [5.74, 6) is 0.984. The molecule has 0 bridgehead atoms. The number of carbonyl (C=O) groups is 1. The number of nitro groups is 1. The zero-order valence-corrected chi connectivity index (χ0v) is 14.6. The van der Waals surface area contributed by atoms with Crippen molar-refractivity contribution in [2.24, 2.45) is 0 Å². The van der Waals surface area contributed by atoms with E-state index in [1.54, 1.807) is 0 Å². The van der Waals surface area contributed by atoms with Crippen LogP contribution in [0.4, 0.5) is 5.69 Å². The van der Waals surface area contributed by atoms with E-state index in [0.717, 1.165) is 12.8 Å². The molecular weight excluding hydrogens is 328 g/mol. The Kier molecular flexibility index (Phi) is 10.3. The number of hydrogen-bond donors (Lipinski definition) is 1. The Morgan fingerprint density at radius 2 is 1.71 bits per heavy atom. The Morgan fingerprint density at radius 1 is 1.12 bits per heavy atom. The molecule has 6 heteroatoms. The van der Waals surface area contributed by atoms with Crippen LogP contribution in [0.25, 0.3) is 0 Å². The first-order valence-electron chi connectivity index (χ1n) is 7.63. The van der Waals surface area contributed by atoms with Gasteiger partial charge in [-0.05, 0) is 24.8 Å². The van der Waals surface area contributed by atoms with Crippen LogP contribution in [0.2, 0.25) is 5.02 Å². The van der Waals surface area contributed by atoms with Crippen molar-refractivity contribution in [2.45, 2.75) is 44.9 Å². The molecule has 1 aliphatic carbocycles. The minimum atomic E-state index is -0.531. The molecule has 24 heavy (non-hydrogen) atoms. The highest BCUT2D eigenvalue weighted by atomic mass is 35.5. The van der Waals surface area contributed by atoms with Gasteiger partial charge in [-0.25, -0.2) is 0 Å². The molecule has 0 aliphatic heterocycles. The highest BCUT2D eigenvalue weighted by Crippen LogP contribution is 2.24. The number of carbonyl (C=O) groups excluding carboxylic acids is 1. The maximum Gasteiger partial charge on any atom is 0.270 e. The maximum absolute atomic E-state index is 12.2. The predicted octanol–water partition coefficient (Wildman–Crippen LogP) is 4.95. The minimum Gasteiger partial charge on any atom is -0.351 e. The topological polar surface area (TPSA) is 72.2 Å². The molecule has 2 rings (SSSR count). The Hall–Kier alpha value is -1.62. The van der Waals surface area contributed by atoms with Crippen molar-refractivity contribution >= 4 is 23.2 Å². The maximum atomic E-state index is 12.2. The standard InChI is InChI=1S/C16H20ClN2O3.2CH2/c17-15-9-8-13(19(21)22)10-14(15)16(20)18-11-12-6-4-2-1-3-5-7-12;;/h8-10H,1-7,11H2,(H,18,20);2*1H2. The smallest absolute Gasteiger partial charge is 0.270 e. The number of hydrogen-bond acceptors (Lipinski definition) is 3. The third-order valence-electron chi connectivity index (χ3n) is 3.96. The number of nitrogens with one attached hydrogen (secondary N) is 1. The largest absolute Gasteiger partial charge is 0.351 e. The van der Waals surface area contributed by atoms with Gasteiger partial charge in [0.15, 0.2) is 0 Å². The first-order chi connectivity index (χ1) is 10.6. The Balaban J connectivity index is 0.00000264. The predicted molar refractivity (Wildman–Crippen MR) is 96.7 cm³/mol. The number of nitro benzene ring substituents is 1. The zero-order valence-electron chi connectivity index (χ0n) is 13.9. The minimum absolute atomic E-state index is 0. The van der Waals surface area contributed by atoms with Crippen LogP contribution in [0.5, 0.6) is 0 Å². The van der Waals surface area contributed by atoms with Crippen LogP contribution < -0.4 is 5.32 Å². The molecular formula is C18H24ClN2O3. The number of nitrogens with zero attached hydrogens (tertiary/aromatic N) is 1. The molecule has 5 radical (unpaired) electrons. The Bertz CT molecular complexity index is 541. The summed E-state index contributed by atoms with van der Waals surface area (Å²) in [7, 11) is 0. The lowest BCUT2D eigenvalue weighted by molar-refractivity contribution is -0.384. The molecule has 0 spiro atoms. The van der Waals surface area contributed by atoms with Crippen LogP contribution in [0, 0.1) is 30.9 Å². The van der Waals surface area contributed by atoms with Gasteiger partial charge < -0.3 is 5.32 Å². The fourth-order valence-electron chi connectivity index (χ4n) is 2.68. The Labute approximate surface area is 149 Å². The molecule has 0 aromatic heterocycles. The quantitative estimate of drug-likeness (QED) is 0.616. The lowest BCUT2D eigenvalue weighted by Crippen LogP contribution is -2.29. The normalized spacial score (nSPS) is 15.2. The molecule has 5 nitrogen and oxygen atoms in total. The van der Waals surface area contributed by atoms with Gasteiger partial charge in [-0.3, -0.25) is 14.9 Å². The highest BCUT2D eigenvalue weighted by Gasteiger charge is 2.18. The van der Waals surface area contributed by atoms with Crippen molar-refractivity contribution in [2.75, 3.05) is 6.54 Å². The van der Waals surface area contributed by atoms with Gasteiger partial charge in [0.05, 0.1) is 15.5 Å². The first kappa shape index (κ1) is 22.4. The van der Waals surface area contributed by atoms with Crippen LogP contribution in [0.15, 0.2) is 18.2 Å². The summed E-state index contributed by atoms with van der Waals surface area (Å²) >= 11 is 5.97. The second kappa shape index (κ2) is 11.0. The van der Waals surface area contributed by atoms with E-state index in [2.05, 4.69) is 5.32 Å². The number of non-ortho nitro benzene ring substituents is 1. The van der Waals surface area contributed by atoms with Crippen LogP contribution in [0.1, 0.15) is 55.3 Å². The summed E-state index contributed by atoms with van der Waals surface area (Å²) in [6.07, 6.45) is 8.21. The second-order valence-corrected chi connectivity index (χ2v) is 6.03. The van der Waals surface area contributed by atoms with Crippen molar-refractivity contribution in [3.8, 4) is 0 Å². The lowest BCUT2D eigenvalue weighted by atomic mass is 9.91. The van der Waals surface area contributed by atoms with Gasteiger partial charge in [0.2, 0.25) is 0 Å². The van der Waals surface area contributed by atoms with Gasteiger partial charge in [0, 0.05) is 18.7 Å². The number of benzene rings is 1. The third-order valence-corrected chi connectivity index (χ3v) is 4.29. The van der Waals surface area contributed by atoms with Crippen molar-refractivity contribution in [3.63, 3.8) is 0 Å². The molecule has 1 amide bonds. The van der Waals surface area contributed by atoms with E-state index in [9.17, 15) is 14.9 Å². The summed E-state index contributed by atoms with van der Waals surface area (Å²) < 4.78 is 0. The van der Waals surface area contributed by atoms with Gasteiger partial charge >= 0.3 is 0 Å².